The summed E-state index contributed by atoms with van der Waals surface area (Å²) >= 11 is 0. The quantitative estimate of drug-likeness (QED) is 0.505. The molecule has 2 aliphatic heterocycles. The van der Waals surface area contributed by atoms with Crippen LogP contribution in [0.25, 0.3) is 22.9 Å². The van der Waals surface area contributed by atoms with Crippen LogP contribution in [0.5, 0.6) is 0 Å². The third-order valence-electron chi connectivity index (χ3n) is 5.26. The molecule has 2 heteroatoms. The van der Waals surface area contributed by atoms with Gasteiger partial charge in [0.1, 0.15) is 0 Å². The summed E-state index contributed by atoms with van der Waals surface area (Å²) in [5.74, 6) is 0. The molecule has 0 fully saturated rings. The van der Waals surface area contributed by atoms with Crippen molar-refractivity contribution < 1.29 is 0 Å². The molecule has 3 aromatic carbocycles. The lowest BCUT2D eigenvalue weighted by Crippen LogP contribution is -2.38. The van der Waals surface area contributed by atoms with Crippen LogP contribution in [0.4, 0.5) is 5.69 Å². The van der Waals surface area contributed by atoms with Crippen molar-refractivity contribution in [3.05, 3.63) is 114 Å². The predicted octanol–water partition coefficient (Wildman–Crippen LogP) is 6.63. The van der Waals surface area contributed by atoms with Crippen molar-refractivity contribution in [2.45, 2.75) is 13.8 Å². The van der Waals surface area contributed by atoms with E-state index in [9.17, 15) is 0 Å². The molecular formula is C26H22N2. The van der Waals surface area contributed by atoms with E-state index >= 15 is 0 Å². The van der Waals surface area contributed by atoms with Gasteiger partial charge in [0.05, 0.1) is 11.4 Å². The number of aryl methyl sites for hydroxylation is 1. The van der Waals surface area contributed by atoms with Gasteiger partial charge in [0.15, 0.2) is 0 Å². The minimum absolute atomic E-state index is 1.19. The van der Waals surface area contributed by atoms with Gasteiger partial charge in [-0.25, -0.2) is 0 Å². The molecule has 5 rings (SSSR count). The molecule has 2 aliphatic rings. The van der Waals surface area contributed by atoms with Crippen LogP contribution in [0, 0.1) is 6.92 Å². The minimum atomic E-state index is 1.19. The Bertz CT molecular complexity index is 1120. The summed E-state index contributed by atoms with van der Waals surface area (Å²) in [6.45, 7) is 4.33. The fraction of sp³-hybridized carbons (Fsp3) is 0.0769. The Morgan fingerprint density at radius 2 is 1.39 bits per heavy atom. The number of benzene rings is 3. The van der Waals surface area contributed by atoms with Crippen molar-refractivity contribution in [3.63, 3.8) is 0 Å². The van der Waals surface area contributed by atoms with Crippen molar-refractivity contribution in [3.8, 4) is 11.1 Å². The summed E-state index contributed by atoms with van der Waals surface area (Å²) < 4.78 is 0. The zero-order chi connectivity index (χ0) is 19.1. The number of hydrogen-bond acceptors (Lipinski definition) is 2. The van der Waals surface area contributed by atoms with E-state index in [2.05, 4.69) is 121 Å². The first-order valence-electron chi connectivity index (χ1n) is 9.63. The smallest absolute Gasteiger partial charge is 0.0711 e. The van der Waals surface area contributed by atoms with Crippen molar-refractivity contribution in [2.75, 3.05) is 5.01 Å². The summed E-state index contributed by atoms with van der Waals surface area (Å²) in [5, 5.41) is 4.51. The molecule has 0 amide bonds. The second-order valence-electron chi connectivity index (χ2n) is 7.38. The second kappa shape index (κ2) is 6.58. The highest BCUT2D eigenvalue weighted by Crippen LogP contribution is 2.41. The maximum Gasteiger partial charge on any atom is 0.0711 e. The van der Waals surface area contributed by atoms with E-state index in [0.717, 1.165) is 0 Å². The second-order valence-corrected chi connectivity index (χ2v) is 7.38. The van der Waals surface area contributed by atoms with Crippen LogP contribution in [-0.4, -0.2) is 5.01 Å². The lowest BCUT2D eigenvalue weighted by atomic mass is 9.94. The number of nitrogens with zero attached hydrogens (tertiary/aromatic N) is 2. The maximum absolute atomic E-state index is 2.28. The van der Waals surface area contributed by atoms with Gasteiger partial charge in [-0.1, -0.05) is 66.7 Å². The van der Waals surface area contributed by atoms with Gasteiger partial charge < -0.3 is 0 Å². The van der Waals surface area contributed by atoms with E-state index in [4.69, 9.17) is 0 Å². The topological polar surface area (TPSA) is 6.48 Å². The van der Waals surface area contributed by atoms with Crippen molar-refractivity contribution in [1.82, 2.24) is 5.01 Å². The standard InChI is InChI=1S/C26H22N2/c1-19-15-24(21-9-5-3-6-10-21)23-13-14-27-25(22-11-7-4-8-12-22)17-20(2)18-28(27)26(23)16-19/h3-18H,1-2H3. The molecule has 0 N–H and O–H groups in total. The molecule has 3 aromatic rings. The summed E-state index contributed by atoms with van der Waals surface area (Å²) in [5.41, 5.74) is 9.88. The van der Waals surface area contributed by atoms with Gasteiger partial charge in [0.25, 0.3) is 0 Å². The summed E-state index contributed by atoms with van der Waals surface area (Å²) in [4.78, 5) is 0. The number of hydrogen-bond donors (Lipinski definition) is 0. The summed E-state index contributed by atoms with van der Waals surface area (Å²) in [7, 11) is 0. The fourth-order valence-corrected chi connectivity index (χ4v) is 4.00. The molecule has 136 valence electrons. The van der Waals surface area contributed by atoms with Gasteiger partial charge in [-0.05, 0) is 54.3 Å². The highest BCUT2D eigenvalue weighted by molar-refractivity contribution is 5.88. The fourth-order valence-electron chi connectivity index (χ4n) is 4.00. The molecule has 0 saturated heterocycles. The van der Waals surface area contributed by atoms with Crippen LogP contribution in [0.1, 0.15) is 23.6 Å². The summed E-state index contributed by atoms with van der Waals surface area (Å²) in [6.07, 6.45) is 8.86. The first-order valence-corrected chi connectivity index (χ1v) is 9.63. The van der Waals surface area contributed by atoms with Crippen LogP contribution in [-0.2, 0) is 0 Å². The molecule has 0 atom stereocenters. The molecule has 0 unspecified atom stereocenters. The first-order chi connectivity index (χ1) is 13.7. The highest BCUT2D eigenvalue weighted by Gasteiger charge is 2.27. The van der Waals surface area contributed by atoms with E-state index in [0.29, 0.717) is 0 Å². The third kappa shape index (κ3) is 2.74. The largest absolute Gasteiger partial charge is 0.256 e. The maximum atomic E-state index is 2.28. The number of rotatable bonds is 2. The molecule has 0 saturated carbocycles. The Labute approximate surface area is 166 Å². The Morgan fingerprint density at radius 3 is 2.11 bits per heavy atom. The highest BCUT2D eigenvalue weighted by atomic mass is 15.6. The van der Waals surface area contributed by atoms with E-state index in [-0.39, 0.29) is 0 Å². The van der Waals surface area contributed by atoms with Gasteiger partial charge in [0.2, 0.25) is 0 Å². The van der Waals surface area contributed by atoms with Crippen molar-refractivity contribution in [2.24, 2.45) is 0 Å². The Morgan fingerprint density at radius 1 is 0.714 bits per heavy atom. The van der Waals surface area contributed by atoms with Gasteiger partial charge in [0, 0.05) is 23.5 Å². The lowest BCUT2D eigenvalue weighted by molar-refractivity contribution is 0.527. The first kappa shape index (κ1) is 16.6. The number of fused-ring (bicyclic) bond motifs is 3. The molecule has 0 radical (unpaired) electrons. The average molecular weight is 362 g/mol. The van der Waals surface area contributed by atoms with E-state index in [1.54, 1.807) is 0 Å². The molecule has 2 heterocycles. The lowest BCUT2D eigenvalue weighted by Gasteiger charge is -2.41. The molecule has 0 aromatic heterocycles. The number of hydrazine groups is 1. The molecule has 0 bridgehead atoms. The van der Waals surface area contributed by atoms with Crippen LogP contribution in [0.3, 0.4) is 0 Å². The van der Waals surface area contributed by atoms with Crippen LogP contribution < -0.4 is 5.01 Å². The van der Waals surface area contributed by atoms with Gasteiger partial charge in [-0.3, -0.25) is 10.0 Å². The van der Waals surface area contributed by atoms with Crippen LogP contribution in [0.15, 0.2) is 96.8 Å². The average Bonchev–Trinajstić information content (AvgIpc) is 2.74. The SMILES string of the molecule is CC1=CN2c3cc(C)cc(-c4ccccc4)c3C=CN2C(c2ccccc2)=C1. The zero-order valence-electron chi connectivity index (χ0n) is 16.1. The van der Waals surface area contributed by atoms with Crippen molar-refractivity contribution in [1.29, 1.82) is 0 Å². The third-order valence-corrected chi connectivity index (χ3v) is 5.26. The number of allylic oxidation sites excluding steroid dienone is 2. The van der Waals surface area contributed by atoms with Gasteiger partial charge in [-0.2, -0.15) is 0 Å². The number of anilines is 1. The van der Waals surface area contributed by atoms with E-state index in [1.165, 1.54) is 44.8 Å². The predicted molar refractivity (Wildman–Crippen MR) is 118 cm³/mol. The monoisotopic (exact) mass is 362 g/mol. The minimum Gasteiger partial charge on any atom is -0.256 e. The molecular weight excluding hydrogens is 340 g/mol. The molecule has 0 aliphatic carbocycles. The van der Waals surface area contributed by atoms with E-state index < -0.39 is 0 Å². The van der Waals surface area contributed by atoms with Crippen LogP contribution >= 0.6 is 0 Å². The molecule has 0 spiro atoms. The molecule has 2 nitrogen and oxygen atoms in total. The Kier molecular flexibility index (Phi) is 3.91. The summed E-state index contributed by atoms with van der Waals surface area (Å²) in [6, 6.07) is 25.8. The Balaban J connectivity index is 1.67. The normalized spacial score (nSPS) is 14.9. The van der Waals surface area contributed by atoms with Crippen LogP contribution in [0.2, 0.25) is 0 Å². The van der Waals surface area contributed by atoms with Crippen molar-refractivity contribution >= 4 is 17.5 Å². The Hall–Kier alpha value is -3.52. The van der Waals surface area contributed by atoms with Gasteiger partial charge in [-0.15, -0.1) is 0 Å². The van der Waals surface area contributed by atoms with Gasteiger partial charge >= 0.3 is 0 Å². The molecule has 28 heavy (non-hydrogen) atoms. The van der Waals surface area contributed by atoms with E-state index in [1.807, 2.05) is 0 Å². The zero-order valence-corrected chi connectivity index (χ0v) is 16.1.